The number of hydrogen-bond acceptors (Lipinski definition) is 31. The summed E-state index contributed by atoms with van der Waals surface area (Å²) in [6.07, 6.45) is 22.1. The lowest BCUT2D eigenvalue weighted by atomic mass is 9.88. The van der Waals surface area contributed by atoms with Crippen molar-refractivity contribution in [2.75, 3.05) is 86.1 Å². The van der Waals surface area contributed by atoms with Gasteiger partial charge in [0, 0.05) is 161 Å². The molecule has 35 heteroatoms. The van der Waals surface area contributed by atoms with Gasteiger partial charge in [0.05, 0.1) is 114 Å². The first-order valence-electron chi connectivity index (χ1n) is 47.5. The van der Waals surface area contributed by atoms with Crippen LogP contribution in [0, 0.1) is 23.3 Å². The molecule has 20 aromatic rings. The minimum absolute atomic E-state index is 0.175. The molecule has 5 aliphatic heterocycles. The summed E-state index contributed by atoms with van der Waals surface area (Å²) in [5, 5.41) is 32.7. The van der Waals surface area contributed by atoms with Crippen molar-refractivity contribution in [2.45, 2.75) is 153 Å². The molecule has 0 bridgehead atoms. The number of nitrogens with one attached hydrogen (secondary N) is 8. The summed E-state index contributed by atoms with van der Waals surface area (Å²) >= 11 is 16.2. The fourth-order valence-corrected chi connectivity index (χ4v) is 29.5. The van der Waals surface area contributed by atoms with Gasteiger partial charge in [-0.15, -0.1) is 113 Å². The number of methoxy groups -OCH3 is 1. The van der Waals surface area contributed by atoms with E-state index in [0.717, 1.165) is 166 Å². The van der Waals surface area contributed by atoms with Crippen LogP contribution in [0.5, 0.6) is 0 Å². The molecular weight excluding hydrogens is 1950 g/mol. The van der Waals surface area contributed by atoms with Gasteiger partial charge >= 0.3 is 0 Å². The molecule has 5 aliphatic rings. The Morgan fingerprint density at radius 1 is 0.386 bits per heavy atom. The molecule has 140 heavy (non-hydrogen) atoms. The van der Waals surface area contributed by atoms with Crippen LogP contribution >= 0.6 is 113 Å². The number of likely N-dealkylation sites (N-methyl/N-ethyl adjacent to an activating group) is 1. The number of likely N-dealkylation sites (tertiary alicyclic amines) is 2. The van der Waals surface area contributed by atoms with E-state index in [1.165, 1.54) is 141 Å². The smallest absolute Gasteiger partial charge is 0.176 e. The Bertz CT molecular complexity index is 7850. The lowest BCUT2D eigenvalue weighted by Crippen LogP contribution is -2.43. The fraction of sp³-hybridized carbons (Fsp3) is 0.314. The maximum Gasteiger partial charge on any atom is 0.176 e. The molecule has 0 aliphatic carbocycles. The van der Waals surface area contributed by atoms with Gasteiger partial charge in [-0.05, 0) is 265 Å². The van der Waals surface area contributed by atoms with E-state index in [1.807, 2.05) is 59.0 Å². The van der Waals surface area contributed by atoms with Crippen LogP contribution in [0.1, 0.15) is 147 Å². The van der Waals surface area contributed by atoms with E-state index in [2.05, 4.69) is 223 Å². The maximum absolute atomic E-state index is 14.9. The zero-order valence-corrected chi connectivity index (χ0v) is 86.2. The van der Waals surface area contributed by atoms with Crippen LogP contribution < -0.4 is 42.5 Å². The van der Waals surface area contributed by atoms with Gasteiger partial charge in [0.2, 0.25) is 0 Å². The van der Waals surface area contributed by atoms with Gasteiger partial charge < -0.3 is 52.2 Å². The molecule has 25 rings (SSSR count). The highest BCUT2D eigenvalue weighted by molar-refractivity contribution is 7.21. The number of halogens is 4. The number of nitrogens with zero attached hydrogens (tertiary/aromatic N) is 12. The second-order valence-electron chi connectivity index (χ2n) is 36.1. The SMILES string of the molecule is CCN1CCC[C@@H](c2cc3c(Nc4ccc5scnc5c4F)ccnc3s2)[C@H]1C.COCCN1CCC[C@@H](c2cc3c(Nc4ccc5scnc5c4)ccnc3s2)[C@H]1C.C[C@H]1NCCC=C1c1cc2c(Nc3ccc4scnc4c3)ccnc2s1.C[C@H]1NCCC[C@H]1c1cc2c(Nc3c(F)cc4scnc4c3F)ccnc2s1.C[C@H]1NCCC[C@H]1c1cc2c(Nc3cc4ncsc4cc3F)ccnc2s1. The number of piperidine rings is 4. The predicted octanol–water partition coefficient (Wildman–Crippen LogP) is 29.1. The number of anilines is 10. The van der Waals surface area contributed by atoms with Gasteiger partial charge in [-0.2, -0.15) is 0 Å². The third kappa shape index (κ3) is 20.4. The van der Waals surface area contributed by atoms with Gasteiger partial charge in [0.1, 0.15) is 46.7 Å². The first-order chi connectivity index (χ1) is 68.5. The molecule has 21 nitrogen and oxygen atoms in total. The van der Waals surface area contributed by atoms with Gasteiger partial charge in [-0.3, -0.25) is 4.90 Å². The Hall–Kier alpha value is -10.7. The highest BCUT2D eigenvalue weighted by Gasteiger charge is 2.34. The van der Waals surface area contributed by atoms with E-state index in [4.69, 9.17) is 4.74 Å². The lowest BCUT2D eigenvalue weighted by Gasteiger charge is -2.39. The highest BCUT2D eigenvalue weighted by Crippen LogP contribution is 2.48. The van der Waals surface area contributed by atoms with E-state index in [9.17, 15) is 17.6 Å². The first-order valence-corrected chi connectivity index (χ1v) is 56.0. The fourth-order valence-electron chi connectivity index (χ4n) is 20.0. The Kier molecular flexibility index (Phi) is 29.2. The summed E-state index contributed by atoms with van der Waals surface area (Å²) in [5.41, 5.74) is 21.0. The molecule has 20 heterocycles. The topological polar surface area (TPSA) is 241 Å². The summed E-state index contributed by atoms with van der Waals surface area (Å²) in [4.78, 5) is 61.1. The summed E-state index contributed by atoms with van der Waals surface area (Å²) in [5.74, 6) is 0.157. The average molecular weight is 2060 g/mol. The van der Waals surface area contributed by atoms with Crippen LogP contribution in [0.4, 0.5) is 74.4 Å². The largest absolute Gasteiger partial charge is 0.383 e. The predicted molar refractivity (Wildman–Crippen MR) is 585 cm³/mol. The summed E-state index contributed by atoms with van der Waals surface area (Å²) in [6, 6.07) is 44.3. The number of pyridine rings is 5. The highest BCUT2D eigenvalue weighted by atomic mass is 32.1. The quantitative estimate of drug-likeness (QED) is 0.0351. The van der Waals surface area contributed by atoms with Crippen LogP contribution in [0.3, 0.4) is 0 Å². The minimum atomic E-state index is -0.665. The van der Waals surface area contributed by atoms with Crippen molar-refractivity contribution in [3.63, 3.8) is 0 Å². The van der Waals surface area contributed by atoms with Crippen molar-refractivity contribution < 1.29 is 22.3 Å². The summed E-state index contributed by atoms with van der Waals surface area (Å²) in [6.45, 7) is 22.0. The van der Waals surface area contributed by atoms with Crippen LogP contribution in [0.25, 0.3) is 108 Å². The molecule has 0 unspecified atom stereocenters. The van der Waals surface area contributed by atoms with Crippen LogP contribution in [0.15, 0.2) is 192 Å². The zero-order valence-electron chi connectivity index (χ0n) is 78.1. The van der Waals surface area contributed by atoms with Crippen LogP contribution in [0.2, 0.25) is 0 Å². The molecule has 0 radical (unpaired) electrons. The molecule has 4 fully saturated rings. The van der Waals surface area contributed by atoms with E-state index >= 15 is 0 Å². The maximum atomic E-state index is 14.9. The van der Waals surface area contributed by atoms with Crippen molar-refractivity contribution in [3.8, 4) is 0 Å². The molecule has 4 saturated heterocycles. The number of aromatic nitrogens is 10. The lowest BCUT2D eigenvalue weighted by molar-refractivity contribution is 0.0924. The number of benzene rings is 5. The Morgan fingerprint density at radius 3 is 1.35 bits per heavy atom. The van der Waals surface area contributed by atoms with E-state index in [0.29, 0.717) is 81.2 Å². The summed E-state index contributed by atoms with van der Waals surface area (Å²) < 4.78 is 68.7. The van der Waals surface area contributed by atoms with Gasteiger partial charge in [-0.25, -0.2) is 67.4 Å². The number of fused-ring (bicyclic) bond motifs is 10. The average Bonchev–Trinajstić information content (AvgIpc) is 1.65. The number of thiazole rings is 5. The molecular formula is C105H104F4N20OS10. The number of hydrogen-bond donors (Lipinski definition) is 8. The van der Waals surface area contributed by atoms with Gasteiger partial charge in [0.15, 0.2) is 17.5 Å². The third-order valence-electron chi connectivity index (χ3n) is 27.6. The number of ether oxygens (including phenoxy) is 1. The van der Waals surface area contributed by atoms with Crippen molar-refractivity contribution in [1.82, 2.24) is 75.6 Å². The number of rotatable bonds is 19. The standard InChI is InChI=1S/C23H26N4OS2.C22H23FN4S2.C20H18F2N4S2.C20H19FN4S2.C20H18N4S2/c1-15-17(4-3-9-27(15)10-11-28-2)22-13-18-19(7-8-24-23(18)30-22)26-16-5-6-21-20(12-16)25-14-29-21;1-3-27-10-4-5-14(13(27)2)19-11-15-16(8-9-24-22(15)29-19)26-17-6-7-18-21(20(17)23)25-12-28-18;1-10-11(3-2-5-23-10)15-7-12-14(4-6-24-20(12)28-15)26-18-13(21)8-16-19(17(18)22)25-9-27-16;1-11-12(3-2-5-22-11)18-7-13-15(4-6-23-20(13)27-18)25-16-9-17-19(8-14(16)21)26-10-24-17;1-12-14(3-2-7-21-12)19-10-15-16(6-8-22-20(15)26-19)24-13-4-5-18-17(9-13)23-11-25-18/h5-8,12-15,17H,3-4,9-11H2,1-2H3,(H,24,26);6-9,11-14H,3-5,10H2,1-2H3,(H,24,26);4,6-11,23H,2-3,5H2,1H3,(H,24,26);4,6-12,22H,2-3,5H2,1H3,(H,23,25);3-6,8-12,21H,2,7H2,1H3,(H,22,24)/t15-,17-;13-,14-;10-,11-;11-,12-;12-/m11111/s1. The Morgan fingerprint density at radius 2 is 0.821 bits per heavy atom. The Labute approximate surface area is 847 Å². The van der Waals surface area contributed by atoms with Crippen molar-refractivity contribution in [1.29, 1.82) is 0 Å². The molecule has 8 N–H and O–H groups in total. The normalized spacial score (nSPS) is 19.8. The minimum Gasteiger partial charge on any atom is -0.383 e. The zero-order chi connectivity index (χ0) is 95.6. The van der Waals surface area contributed by atoms with E-state index < -0.39 is 11.6 Å². The molecule has 9 atom stereocenters. The van der Waals surface area contributed by atoms with Crippen molar-refractivity contribution >= 4 is 278 Å². The monoisotopic (exact) mass is 2060 g/mol. The van der Waals surface area contributed by atoms with E-state index in [-0.39, 0.29) is 22.8 Å². The van der Waals surface area contributed by atoms with Gasteiger partial charge in [-0.1, -0.05) is 13.0 Å². The molecule has 0 saturated carbocycles. The molecule has 5 aromatic carbocycles. The van der Waals surface area contributed by atoms with Crippen molar-refractivity contribution in [3.05, 3.63) is 240 Å². The second-order valence-corrected chi connectivity index (χ2v) is 45.8. The first kappa shape index (κ1) is 95.5. The van der Waals surface area contributed by atoms with E-state index in [1.54, 1.807) is 129 Å². The van der Waals surface area contributed by atoms with Gasteiger partial charge in [0.25, 0.3) is 0 Å². The molecule has 0 amide bonds. The molecule has 718 valence electrons. The van der Waals surface area contributed by atoms with Crippen LogP contribution in [-0.2, 0) is 4.74 Å². The summed E-state index contributed by atoms with van der Waals surface area (Å²) in [7, 11) is 1.78. The molecule has 0 spiro atoms. The number of thiophene rings is 5. The Balaban J connectivity index is 0.000000104. The third-order valence-corrected chi connectivity index (χ3v) is 37.3. The van der Waals surface area contributed by atoms with Crippen molar-refractivity contribution in [2.24, 2.45) is 0 Å². The second kappa shape index (κ2) is 42.9. The molecule has 15 aromatic heterocycles. The van der Waals surface area contributed by atoms with Crippen LogP contribution in [-0.4, -0.2) is 149 Å².